The molecule has 206 valence electrons. The van der Waals surface area contributed by atoms with E-state index < -0.39 is 22.0 Å². The Morgan fingerprint density at radius 3 is 2.23 bits per heavy atom. The van der Waals surface area contributed by atoms with Crippen LogP contribution in [0.3, 0.4) is 0 Å². The Kier molecular flexibility index (Phi) is 8.92. The van der Waals surface area contributed by atoms with Gasteiger partial charge in [0.25, 0.3) is 15.9 Å². The molecule has 0 aliphatic carbocycles. The summed E-state index contributed by atoms with van der Waals surface area (Å²) in [4.78, 5) is 24.4. The van der Waals surface area contributed by atoms with Gasteiger partial charge in [0, 0.05) is 22.3 Å². The minimum absolute atomic E-state index is 0.156. The average molecular weight is 577 g/mol. The number of carboxylic acids is 1. The maximum Gasteiger partial charge on any atom is 0.305 e. The minimum Gasteiger partial charge on any atom is -0.481 e. The van der Waals surface area contributed by atoms with Crippen molar-refractivity contribution in [3.05, 3.63) is 118 Å². The summed E-state index contributed by atoms with van der Waals surface area (Å²) in [5.74, 6) is -1.36. The van der Waals surface area contributed by atoms with Crippen LogP contribution in [-0.4, -0.2) is 31.4 Å². The molecule has 0 aromatic heterocycles. The van der Waals surface area contributed by atoms with E-state index in [0.717, 1.165) is 16.7 Å². The van der Waals surface area contributed by atoms with Crippen molar-refractivity contribution in [1.82, 2.24) is 5.32 Å². The fourth-order valence-electron chi connectivity index (χ4n) is 4.38. The summed E-state index contributed by atoms with van der Waals surface area (Å²) in [6.07, 6.45) is 0.200. The maximum atomic E-state index is 13.1. The quantitative estimate of drug-likeness (QED) is 0.207. The third kappa shape index (κ3) is 7.28. The second-order valence-corrected chi connectivity index (χ2v) is 11.6. The molecule has 9 heteroatoms. The first-order chi connectivity index (χ1) is 19.0. The van der Waals surface area contributed by atoms with Crippen LogP contribution in [0.5, 0.6) is 0 Å². The fraction of sp³-hybridized carbons (Fsp3) is 0.161. The van der Waals surface area contributed by atoms with E-state index in [0.29, 0.717) is 33.8 Å². The molecule has 7 nitrogen and oxygen atoms in total. The molecule has 0 radical (unpaired) electrons. The van der Waals surface area contributed by atoms with Crippen LogP contribution in [0.25, 0.3) is 11.1 Å². The Morgan fingerprint density at radius 1 is 0.850 bits per heavy atom. The third-order valence-corrected chi connectivity index (χ3v) is 8.35. The highest BCUT2D eigenvalue weighted by Gasteiger charge is 2.20. The van der Waals surface area contributed by atoms with Gasteiger partial charge in [-0.1, -0.05) is 66.2 Å². The summed E-state index contributed by atoms with van der Waals surface area (Å²) < 4.78 is 28.8. The highest BCUT2D eigenvalue weighted by molar-refractivity contribution is 7.92. The monoisotopic (exact) mass is 576 g/mol. The lowest BCUT2D eigenvalue weighted by molar-refractivity contribution is -0.137. The average Bonchev–Trinajstić information content (AvgIpc) is 2.91. The Labute approximate surface area is 238 Å². The van der Waals surface area contributed by atoms with Crippen molar-refractivity contribution in [1.29, 1.82) is 0 Å². The van der Waals surface area contributed by atoms with Gasteiger partial charge < -0.3 is 10.4 Å². The van der Waals surface area contributed by atoms with Crippen LogP contribution < -0.4 is 10.0 Å². The number of hydrogen-bond donors (Lipinski definition) is 3. The molecule has 0 saturated heterocycles. The molecule has 4 rings (SSSR count). The number of amides is 1. The molecule has 0 fully saturated rings. The molecule has 0 spiro atoms. The molecule has 3 N–H and O–H groups in total. The molecule has 4 aromatic carbocycles. The molecule has 0 heterocycles. The number of carbonyl (C=O) groups excluding carboxylic acids is 1. The Morgan fingerprint density at radius 2 is 1.55 bits per heavy atom. The lowest BCUT2D eigenvalue weighted by Gasteiger charge is -2.17. The third-order valence-electron chi connectivity index (χ3n) is 6.42. The van der Waals surface area contributed by atoms with E-state index in [9.17, 15) is 23.1 Å². The zero-order chi connectivity index (χ0) is 28.9. The van der Waals surface area contributed by atoms with Gasteiger partial charge in [-0.2, -0.15) is 0 Å². The largest absolute Gasteiger partial charge is 0.481 e. The first-order valence-electron chi connectivity index (χ1n) is 12.6. The molecule has 1 unspecified atom stereocenters. The van der Waals surface area contributed by atoms with Crippen LogP contribution >= 0.6 is 11.6 Å². The molecule has 4 aromatic rings. The van der Waals surface area contributed by atoms with Crippen LogP contribution in [-0.2, 0) is 21.2 Å². The van der Waals surface area contributed by atoms with E-state index in [1.54, 1.807) is 68.4 Å². The second kappa shape index (κ2) is 12.4. The Balaban J connectivity index is 1.48. The number of aliphatic carboxylic acids is 1. The number of hydrogen-bond acceptors (Lipinski definition) is 4. The number of halogens is 1. The van der Waals surface area contributed by atoms with E-state index >= 15 is 0 Å². The number of anilines is 1. The predicted octanol–water partition coefficient (Wildman–Crippen LogP) is 6.24. The highest BCUT2D eigenvalue weighted by atomic mass is 35.5. The van der Waals surface area contributed by atoms with Gasteiger partial charge in [0.05, 0.1) is 11.3 Å². The Hall–Kier alpha value is -4.14. The zero-order valence-corrected chi connectivity index (χ0v) is 23.6. The van der Waals surface area contributed by atoms with Gasteiger partial charge in [0.2, 0.25) is 0 Å². The first kappa shape index (κ1) is 28.9. The highest BCUT2D eigenvalue weighted by Crippen LogP contribution is 2.28. The number of benzene rings is 4. The van der Waals surface area contributed by atoms with Gasteiger partial charge in [-0.15, -0.1) is 0 Å². The van der Waals surface area contributed by atoms with Crippen LogP contribution in [0.15, 0.2) is 95.9 Å². The van der Waals surface area contributed by atoms with E-state index in [1.165, 1.54) is 0 Å². The molecule has 0 saturated carbocycles. The summed E-state index contributed by atoms with van der Waals surface area (Å²) in [6.45, 7) is 3.44. The normalized spacial score (nSPS) is 12.0. The molecule has 1 atom stereocenters. The lowest BCUT2D eigenvalue weighted by Crippen LogP contribution is -2.38. The summed E-state index contributed by atoms with van der Waals surface area (Å²) in [7, 11) is -3.85. The number of sulfonamides is 1. The maximum absolute atomic E-state index is 13.1. The summed E-state index contributed by atoms with van der Waals surface area (Å²) >= 11 is 6.13. The molecule has 0 aliphatic heterocycles. The van der Waals surface area contributed by atoms with Gasteiger partial charge >= 0.3 is 5.97 Å². The van der Waals surface area contributed by atoms with Gasteiger partial charge in [-0.05, 0) is 84.5 Å². The van der Waals surface area contributed by atoms with Crippen molar-refractivity contribution in [2.24, 2.45) is 0 Å². The van der Waals surface area contributed by atoms with Crippen molar-refractivity contribution in [2.75, 3.05) is 4.72 Å². The number of carboxylic acid groups (broad SMARTS) is 1. The van der Waals surface area contributed by atoms with Crippen molar-refractivity contribution < 1.29 is 23.1 Å². The van der Waals surface area contributed by atoms with Crippen molar-refractivity contribution in [3.8, 4) is 11.1 Å². The standard InChI is InChI=1S/C31H29ClN2O5S/c1-20-16-29(21(2)15-28(20)32)40(38,39)34-26-10-6-9-25(18-26)23-11-13-24(14-12-23)31(37)33-27(19-30(35)36)17-22-7-4-3-5-8-22/h3-16,18,27,34H,17,19H2,1-2H3,(H,33,37)(H,35,36). The lowest BCUT2D eigenvalue weighted by atomic mass is 10.0. The topological polar surface area (TPSA) is 113 Å². The number of aryl methyl sites for hydroxylation is 2. The molecule has 0 aliphatic rings. The minimum atomic E-state index is -3.85. The van der Waals surface area contributed by atoms with Gasteiger partial charge in [-0.3, -0.25) is 14.3 Å². The molecule has 40 heavy (non-hydrogen) atoms. The van der Waals surface area contributed by atoms with Gasteiger partial charge in [0.1, 0.15) is 0 Å². The molecular weight excluding hydrogens is 548 g/mol. The summed E-state index contributed by atoms with van der Waals surface area (Å²) in [5.41, 5.74) is 4.46. The van der Waals surface area contributed by atoms with Crippen molar-refractivity contribution in [3.63, 3.8) is 0 Å². The number of nitrogens with one attached hydrogen (secondary N) is 2. The van der Waals surface area contributed by atoms with Crippen molar-refractivity contribution in [2.45, 2.75) is 37.6 Å². The van der Waals surface area contributed by atoms with E-state index in [1.807, 2.05) is 36.4 Å². The van der Waals surface area contributed by atoms with Gasteiger partial charge in [-0.25, -0.2) is 8.42 Å². The van der Waals surface area contributed by atoms with Crippen molar-refractivity contribution >= 4 is 39.2 Å². The predicted molar refractivity (Wildman–Crippen MR) is 157 cm³/mol. The van der Waals surface area contributed by atoms with Crippen LogP contribution in [0.2, 0.25) is 5.02 Å². The SMILES string of the molecule is Cc1cc(S(=O)(=O)Nc2cccc(-c3ccc(C(=O)NC(CC(=O)O)Cc4ccccc4)cc3)c2)c(C)cc1Cl. The fourth-order valence-corrected chi connectivity index (χ4v) is 5.96. The summed E-state index contributed by atoms with van der Waals surface area (Å²) in [6, 6.07) is 25.8. The molecular formula is C31H29ClN2O5S. The Bertz CT molecular complexity index is 1640. The van der Waals surface area contributed by atoms with Crippen LogP contribution in [0.4, 0.5) is 5.69 Å². The number of carbonyl (C=O) groups is 2. The smallest absolute Gasteiger partial charge is 0.305 e. The van der Waals surface area contributed by atoms with Crippen LogP contribution in [0, 0.1) is 13.8 Å². The first-order valence-corrected chi connectivity index (χ1v) is 14.4. The van der Waals surface area contributed by atoms with Gasteiger partial charge in [0.15, 0.2) is 0 Å². The van der Waals surface area contributed by atoms with E-state index in [-0.39, 0.29) is 17.2 Å². The van der Waals surface area contributed by atoms with E-state index in [2.05, 4.69) is 10.0 Å². The second-order valence-electron chi connectivity index (χ2n) is 9.59. The molecule has 1 amide bonds. The number of rotatable bonds is 10. The zero-order valence-electron chi connectivity index (χ0n) is 22.0. The van der Waals surface area contributed by atoms with E-state index in [4.69, 9.17) is 11.6 Å². The summed E-state index contributed by atoms with van der Waals surface area (Å²) in [5, 5.41) is 12.6. The molecule has 0 bridgehead atoms. The van der Waals surface area contributed by atoms with Crippen LogP contribution in [0.1, 0.15) is 33.5 Å².